The molecule has 0 saturated carbocycles. The van der Waals surface area contributed by atoms with Gasteiger partial charge in [0.1, 0.15) is 0 Å². The van der Waals surface area contributed by atoms with Crippen LogP contribution in [0.15, 0.2) is 18.5 Å². The van der Waals surface area contributed by atoms with Crippen LogP contribution in [0.1, 0.15) is 20.8 Å². The minimum absolute atomic E-state index is 0.255. The number of aliphatic hydroxyl groups excluding tert-OH is 1. The highest BCUT2D eigenvalue weighted by molar-refractivity contribution is 4.79. The lowest BCUT2D eigenvalue weighted by atomic mass is 9.97. The molecule has 0 fully saturated rings. The summed E-state index contributed by atoms with van der Waals surface area (Å²) in [4.78, 5) is 0. The van der Waals surface area contributed by atoms with Gasteiger partial charge in [-0.3, -0.25) is 4.68 Å². The number of aliphatic hydroxyl groups is 1. The van der Waals surface area contributed by atoms with Crippen molar-refractivity contribution >= 4 is 0 Å². The average Bonchev–Trinajstić information content (AvgIpc) is 2.54. The second kappa shape index (κ2) is 5.28. The van der Waals surface area contributed by atoms with E-state index in [0.29, 0.717) is 13.1 Å². The van der Waals surface area contributed by atoms with Crippen molar-refractivity contribution in [3.05, 3.63) is 18.5 Å². The van der Waals surface area contributed by atoms with Gasteiger partial charge in [0.25, 0.3) is 0 Å². The fraction of sp³-hybridized carbons (Fsp3) is 0.727. The molecule has 1 heterocycles. The summed E-state index contributed by atoms with van der Waals surface area (Å²) < 4.78 is 1.74. The van der Waals surface area contributed by atoms with Gasteiger partial charge in [0, 0.05) is 25.5 Å². The van der Waals surface area contributed by atoms with Crippen LogP contribution < -0.4 is 5.32 Å². The van der Waals surface area contributed by atoms with Gasteiger partial charge in [-0.1, -0.05) is 20.8 Å². The van der Waals surface area contributed by atoms with E-state index in [9.17, 15) is 5.11 Å². The average molecular weight is 211 g/mol. The fourth-order valence-corrected chi connectivity index (χ4v) is 1.30. The summed E-state index contributed by atoms with van der Waals surface area (Å²) in [7, 11) is 0. The van der Waals surface area contributed by atoms with Gasteiger partial charge in [-0.25, -0.2) is 0 Å². The molecule has 1 aromatic rings. The fourth-order valence-electron chi connectivity index (χ4n) is 1.30. The summed E-state index contributed by atoms with van der Waals surface area (Å²) in [5.41, 5.74) is 0.255. The van der Waals surface area contributed by atoms with E-state index in [2.05, 4.69) is 31.2 Å². The van der Waals surface area contributed by atoms with E-state index in [4.69, 9.17) is 0 Å². The Bertz CT molecular complexity index is 264. The van der Waals surface area contributed by atoms with Crippen LogP contribution in [0.4, 0.5) is 0 Å². The molecule has 4 nitrogen and oxygen atoms in total. The van der Waals surface area contributed by atoms with Gasteiger partial charge < -0.3 is 10.4 Å². The van der Waals surface area contributed by atoms with E-state index in [1.807, 2.05) is 12.3 Å². The van der Waals surface area contributed by atoms with E-state index in [-0.39, 0.29) is 11.5 Å². The number of rotatable bonds is 5. The Morgan fingerprint density at radius 2 is 2.20 bits per heavy atom. The highest BCUT2D eigenvalue weighted by Crippen LogP contribution is 2.09. The van der Waals surface area contributed by atoms with Gasteiger partial charge in [-0.05, 0) is 11.5 Å². The molecular formula is C11H21N3O. The summed E-state index contributed by atoms with van der Waals surface area (Å²) >= 11 is 0. The molecular weight excluding hydrogens is 190 g/mol. The molecule has 1 unspecified atom stereocenters. The maximum absolute atomic E-state index is 9.69. The molecule has 1 atom stereocenters. The molecule has 0 amide bonds. The van der Waals surface area contributed by atoms with Gasteiger partial charge in [0.15, 0.2) is 0 Å². The summed E-state index contributed by atoms with van der Waals surface area (Å²) in [6.45, 7) is 8.56. The van der Waals surface area contributed by atoms with Crippen molar-refractivity contribution in [3.63, 3.8) is 0 Å². The zero-order chi connectivity index (χ0) is 11.3. The van der Waals surface area contributed by atoms with Gasteiger partial charge in [-0.15, -0.1) is 0 Å². The third kappa shape index (κ3) is 5.54. The maximum Gasteiger partial charge on any atom is 0.0860 e. The molecule has 1 rings (SSSR count). The quantitative estimate of drug-likeness (QED) is 0.760. The minimum Gasteiger partial charge on any atom is -0.390 e. The lowest BCUT2D eigenvalue weighted by molar-refractivity contribution is 0.143. The van der Waals surface area contributed by atoms with Crippen molar-refractivity contribution in [2.45, 2.75) is 33.4 Å². The summed E-state index contributed by atoms with van der Waals surface area (Å²) in [6, 6.07) is 1.86. The molecule has 0 aliphatic heterocycles. The molecule has 0 aliphatic carbocycles. The summed E-state index contributed by atoms with van der Waals surface area (Å²) in [5.74, 6) is 0. The standard InChI is InChI=1S/C11H21N3O/c1-11(2,3)9-12-7-10(15)8-14-6-4-5-13-14/h4-6,10,12,15H,7-9H2,1-3H3. The Balaban J connectivity index is 2.17. The van der Waals surface area contributed by atoms with Crippen LogP contribution in [0.5, 0.6) is 0 Å². The van der Waals surface area contributed by atoms with Gasteiger partial charge in [-0.2, -0.15) is 5.10 Å². The second-order valence-corrected chi connectivity index (χ2v) is 5.07. The number of nitrogens with one attached hydrogen (secondary N) is 1. The predicted octanol–water partition coefficient (Wildman–Crippen LogP) is 0.880. The SMILES string of the molecule is CC(C)(C)CNCC(O)Cn1cccn1. The molecule has 1 aromatic heterocycles. The maximum atomic E-state index is 9.69. The predicted molar refractivity (Wildman–Crippen MR) is 60.6 cm³/mol. The Morgan fingerprint density at radius 1 is 1.47 bits per heavy atom. The lowest BCUT2D eigenvalue weighted by Crippen LogP contribution is -2.35. The number of hydrogen-bond donors (Lipinski definition) is 2. The Morgan fingerprint density at radius 3 is 2.73 bits per heavy atom. The van der Waals surface area contributed by atoms with Crippen molar-refractivity contribution in [1.29, 1.82) is 0 Å². The van der Waals surface area contributed by atoms with E-state index in [1.165, 1.54) is 0 Å². The van der Waals surface area contributed by atoms with Crippen LogP contribution in [0.2, 0.25) is 0 Å². The third-order valence-corrected chi connectivity index (χ3v) is 1.99. The molecule has 0 aromatic carbocycles. The smallest absolute Gasteiger partial charge is 0.0860 e. The molecule has 0 spiro atoms. The number of hydrogen-bond acceptors (Lipinski definition) is 3. The van der Waals surface area contributed by atoms with E-state index >= 15 is 0 Å². The van der Waals surface area contributed by atoms with E-state index < -0.39 is 0 Å². The minimum atomic E-state index is -0.382. The van der Waals surface area contributed by atoms with Crippen molar-refractivity contribution in [2.75, 3.05) is 13.1 Å². The van der Waals surface area contributed by atoms with Crippen LogP contribution in [-0.2, 0) is 6.54 Å². The molecule has 0 aliphatic rings. The summed E-state index contributed by atoms with van der Waals surface area (Å²) in [6.07, 6.45) is 3.19. The molecule has 0 saturated heterocycles. The van der Waals surface area contributed by atoms with E-state index in [0.717, 1.165) is 6.54 Å². The zero-order valence-corrected chi connectivity index (χ0v) is 9.77. The second-order valence-electron chi connectivity index (χ2n) is 5.07. The first-order valence-corrected chi connectivity index (χ1v) is 5.33. The lowest BCUT2D eigenvalue weighted by Gasteiger charge is -2.20. The Hall–Kier alpha value is -0.870. The van der Waals surface area contributed by atoms with Crippen LogP contribution in [-0.4, -0.2) is 34.1 Å². The van der Waals surface area contributed by atoms with Crippen molar-refractivity contribution < 1.29 is 5.11 Å². The normalized spacial score (nSPS) is 14.1. The number of nitrogens with zero attached hydrogens (tertiary/aromatic N) is 2. The first kappa shape index (κ1) is 12.2. The van der Waals surface area contributed by atoms with Gasteiger partial charge in [0.2, 0.25) is 0 Å². The third-order valence-electron chi connectivity index (χ3n) is 1.99. The van der Waals surface area contributed by atoms with Crippen molar-refractivity contribution in [2.24, 2.45) is 5.41 Å². The van der Waals surface area contributed by atoms with Crippen LogP contribution in [0, 0.1) is 5.41 Å². The van der Waals surface area contributed by atoms with Crippen molar-refractivity contribution in [1.82, 2.24) is 15.1 Å². The Labute approximate surface area is 91.3 Å². The van der Waals surface area contributed by atoms with Crippen LogP contribution >= 0.6 is 0 Å². The molecule has 15 heavy (non-hydrogen) atoms. The largest absolute Gasteiger partial charge is 0.390 e. The van der Waals surface area contributed by atoms with Crippen LogP contribution in [0.25, 0.3) is 0 Å². The highest BCUT2D eigenvalue weighted by Gasteiger charge is 2.11. The topological polar surface area (TPSA) is 50.1 Å². The molecule has 0 bridgehead atoms. The Kier molecular flexibility index (Phi) is 4.29. The molecule has 2 N–H and O–H groups in total. The summed E-state index contributed by atoms with van der Waals surface area (Å²) in [5, 5.41) is 17.0. The molecule has 4 heteroatoms. The van der Waals surface area contributed by atoms with Crippen LogP contribution in [0.3, 0.4) is 0 Å². The van der Waals surface area contributed by atoms with Crippen molar-refractivity contribution in [3.8, 4) is 0 Å². The zero-order valence-electron chi connectivity index (χ0n) is 9.77. The van der Waals surface area contributed by atoms with E-state index in [1.54, 1.807) is 10.9 Å². The first-order valence-electron chi connectivity index (χ1n) is 5.33. The first-order chi connectivity index (χ1) is 6.97. The molecule has 86 valence electrons. The highest BCUT2D eigenvalue weighted by atomic mass is 16.3. The van der Waals surface area contributed by atoms with Gasteiger partial charge in [0.05, 0.1) is 12.6 Å². The van der Waals surface area contributed by atoms with Gasteiger partial charge >= 0.3 is 0 Å². The number of aromatic nitrogens is 2. The molecule has 0 radical (unpaired) electrons. The monoisotopic (exact) mass is 211 g/mol.